The average Bonchev–Trinajstić information content (AvgIpc) is 3.06. The molecule has 1 amide bonds. The molecule has 1 heterocycles. The van der Waals surface area contributed by atoms with Crippen molar-refractivity contribution in [2.45, 2.75) is 75.0 Å². The maximum Gasteiger partial charge on any atom is 0.261 e. The van der Waals surface area contributed by atoms with Crippen LogP contribution in [0.25, 0.3) is 0 Å². The highest BCUT2D eigenvalue weighted by Crippen LogP contribution is 2.56. The van der Waals surface area contributed by atoms with Crippen LogP contribution in [0.1, 0.15) is 64.2 Å². The van der Waals surface area contributed by atoms with Crippen LogP contribution in [0.5, 0.6) is 0 Å². The van der Waals surface area contributed by atoms with E-state index in [1.54, 1.807) is 11.8 Å². The summed E-state index contributed by atoms with van der Waals surface area (Å²) in [5, 5.41) is 4.89. The van der Waals surface area contributed by atoms with E-state index in [-0.39, 0.29) is 16.7 Å². The lowest BCUT2D eigenvalue weighted by Crippen LogP contribution is -2.59. The van der Waals surface area contributed by atoms with Crippen LogP contribution in [0.4, 0.5) is 0 Å². The van der Waals surface area contributed by atoms with Crippen molar-refractivity contribution >= 4 is 22.8 Å². The molecule has 3 nitrogen and oxygen atoms in total. The lowest BCUT2D eigenvalue weighted by atomic mass is 9.53. The van der Waals surface area contributed by atoms with Crippen LogP contribution in [0.2, 0.25) is 0 Å². The van der Waals surface area contributed by atoms with Crippen molar-refractivity contribution in [2.75, 3.05) is 0 Å². The fraction of sp³-hybridized carbons (Fsp3) is 0.889. The van der Waals surface area contributed by atoms with Crippen molar-refractivity contribution in [1.82, 2.24) is 5.32 Å². The topological polar surface area (TPSA) is 41.5 Å². The highest BCUT2D eigenvalue weighted by Gasteiger charge is 2.52. The van der Waals surface area contributed by atoms with E-state index in [1.807, 2.05) is 0 Å². The van der Waals surface area contributed by atoms with Gasteiger partial charge in [0.25, 0.3) is 5.91 Å². The Hall–Kier alpha value is -0.510. The molecule has 1 N–H and O–H groups in total. The zero-order valence-electron chi connectivity index (χ0n) is 13.2. The molecule has 22 heavy (non-hydrogen) atoms. The smallest absolute Gasteiger partial charge is 0.261 e. The molecule has 120 valence electrons. The van der Waals surface area contributed by atoms with Crippen molar-refractivity contribution in [2.24, 2.45) is 28.7 Å². The maximum absolute atomic E-state index is 12.3. The number of hydrogen-bond acceptors (Lipinski definition) is 3. The van der Waals surface area contributed by atoms with Gasteiger partial charge >= 0.3 is 0 Å². The van der Waals surface area contributed by atoms with E-state index in [0.717, 1.165) is 22.9 Å². The van der Waals surface area contributed by atoms with Crippen molar-refractivity contribution in [3.63, 3.8) is 0 Å². The molecule has 5 fully saturated rings. The van der Waals surface area contributed by atoms with Gasteiger partial charge in [-0.25, -0.2) is 0 Å². The van der Waals surface area contributed by atoms with Gasteiger partial charge < -0.3 is 5.32 Å². The number of carbonyl (C=O) groups excluding carboxylic acids is 1. The monoisotopic (exact) mass is 318 g/mol. The van der Waals surface area contributed by atoms with E-state index in [2.05, 4.69) is 10.3 Å². The van der Waals surface area contributed by atoms with Gasteiger partial charge in [0.05, 0.1) is 5.25 Å². The molecule has 0 aromatic rings. The van der Waals surface area contributed by atoms with E-state index in [9.17, 15) is 4.79 Å². The van der Waals surface area contributed by atoms with E-state index in [4.69, 9.17) is 0 Å². The molecule has 5 aliphatic carbocycles. The third-order valence-electron chi connectivity index (χ3n) is 6.93. The van der Waals surface area contributed by atoms with Crippen LogP contribution in [0.3, 0.4) is 0 Å². The Morgan fingerprint density at radius 1 is 1.00 bits per heavy atom. The van der Waals surface area contributed by atoms with Crippen LogP contribution >= 0.6 is 11.8 Å². The van der Waals surface area contributed by atoms with Crippen LogP contribution in [-0.4, -0.2) is 21.9 Å². The first-order chi connectivity index (χ1) is 10.7. The number of nitrogens with one attached hydrogen (secondary N) is 1. The molecule has 0 spiro atoms. The number of amidine groups is 1. The number of aliphatic imine (C=N–C) groups is 1. The normalized spacial score (nSPS) is 47.3. The maximum atomic E-state index is 12.3. The molecule has 5 saturated carbocycles. The highest BCUT2D eigenvalue weighted by atomic mass is 32.2. The fourth-order valence-corrected chi connectivity index (χ4v) is 7.74. The molecule has 6 aliphatic rings. The summed E-state index contributed by atoms with van der Waals surface area (Å²) in [6, 6.07) is 0. The zero-order valence-corrected chi connectivity index (χ0v) is 14.0. The minimum atomic E-state index is 0.124. The molecule has 0 radical (unpaired) electrons. The second kappa shape index (κ2) is 4.99. The van der Waals surface area contributed by atoms with Crippen LogP contribution < -0.4 is 5.32 Å². The SMILES string of the molecule is O=C1N=C(NC23CC4CC(CC(C4)C2)C3)SC1C1CCCC1. The summed E-state index contributed by atoms with van der Waals surface area (Å²) in [4.78, 5) is 16.7. The Kier molecular flexibility index (Phi) is 3.15. The van der Waals surface area contributed by atoms with Gasteiger partial charge in [-0.15, -0.1) is 0 Å². The Balaban J connectivity index is 1.30. The third-order valence-corrected chi connectivity index (χ3v) is 8.19. The lowest BCUT2D eigenvalue weighted by Gasteiger charge is -2.57. The van der Waals surface area contributed by atoms with Crippen LogP contribution in [0.15, 0.2) is 4.99 Å². The molecule has 0 saturated heterocycles. The quantitative estimate of drug-likeness (QED) is 0.843. The van der Waals surface area contributed by atoms with Gasteiger partial charge in [-0.3, -0.25) is 4.79 Å². The number of rotatable bonds is 2. The second-order valence-corrected chi connectivity index (χ2v) is 9.79. The molecule has 1 aliphatic heterocycles. The summed E-state index contributed by atoms with van der Waals surface area (Å²) in [6.07, 6.45) is 13.4. The average molecular weight is 318 g/mol. The number of hydrogen-bond donors (Lipinski definition) is 1. The first-order valence-electron chi connectivity index (χ1n) is 9.26. The summed E-state index contributed by atoms with van der Waals surface area (Å²) in [7, 11) is 0. The molecule has 0 aromatic carbocycles. The molecule has 4 heteroatoms. The number of thioether (sulfide) groups is 1. The summed E-state index contributed by atoms with van der Waals surface area (Å²) in [5.74, 6) is 3.53. The predicted molar refractivity (Wildman–Crippen MR) is 89.8 cm³/mol. The first-order valence-corrected chi connectivity index (χ1v) is 10.1. The highest BCUT2D eigenvalue weighted by molar-refractivity contribution is 8.15. The molecular formula is C18H26N2OS. The van der Waals surface area contributed by atoms with Gasteiger partial charge in [-0.1, -0.05) is 24.6 Å². The van der Waals surface area contributed by atoms with Crippen molar-refractivity contribution in [3.05, 3.63) is 0 Å². The Bertz CT molecular complexity index is 488. The predicted octanol–water partition coefficient (Wildman–Crippen LogP) is 3.73. The molecule has 1 atom stereocenters. The minimum Gasteiger partial charge on any atom is -0.359 e. The third kappa shape index (κ3) is 2.24. The van der Waals surface area contributed by atoms with Gasteiger partial charge in [-0.05, 0) is 75.0 Å². The van der Waals surface area contributed by atoms with E-state index in [1.165, 1.54) is 64.2 Å². The standard InChI is InChI=1S/C18H26N2OS/c21-16-15(14-3-1-2-4-14)22-17(19-16)20-18-8-11-5-12(9-18)7-13(6-11)10-18/h11-15H,1-10H2,(H,19,20,21). The summed E-state index contributed by atoms with van der Waals surface area (Å²) in [6.45, 7) is 0. The molecule has 0 aromatic heterocycles. The minimum absolute atomic E-state index is 0.124. The molecule has 4 bridgehead atoms. The Labute approximate surface area is 137 Å². The Morgan fingerprint density at radius 3 is 2.18 bits per heavy atom. The van der Waals surface area contributed by atoms with Crippen molar-refractivity contribution in [1.29, 1.82) is 0 Å². The van der Waals surface area contributed by atoms with Crippen LogP contribution in [-0.2, 0) is 4.79 Å². The first kappa shape index (κ1) is 13.9. The van der Waals surface area contributed by atoms with Gasteiger partial charge in [-0.2, -0.15) is 4.99 Å². The fourth-order valence-electron chi connectivity index (χ4n) is 6.47. The summed E-state index contributed by atoms with van der Waals surface area (Å²) >= 11 is 1.75. The number of nitrogens with zero attached hydrogens (tertiary/aromatic N) is 1. The van der Waals surface area contributed by atoms with Gasteiger partial charge in [0.15, 0.2) is 5.17 Å². The molecule has 6 rings (SSSR count). The lowest BCUT2D eigenvalue weighted by molar-refractivity contribution is -0.117. The molecular weight excluding hydrogens is 292 g/mol. The number of amides is 1. The van der Waals surface area contributed by atoms with E-state index in [0.29, 0.717) is 5.92 Å². The van der Waals surface area contributed by atoms with Gasteiger partial charge in [0.1, 0.15) is 0 Å². The van der Waals surface area contributed by atoms with Gasteiger partial charge in [0.2, 0.25) is 0 Å². The summed E-state index contributed by atoms with van der Waals surface area (Å²) < 4.78 is 0. The largest absolute Gasteiger partial charge is 0.359 e. The second-order valence-electron chi connectivity index (χ2n) is 8.66. The Morgan fingerprint density at radius 2 is 1.59 bits per heavy atom. The summed E-state index contributed by atoms with van der Waals surface area (Å²) in [5.41, 5.74) is 0.283. The van der Waals surface area contributed by atoms with Crippen LogP contribution in [0, 0.1) is 23.7 Å². The van der Waals surface area contributed by atoms with Crippen molar-refractivity contribution < 1.29 is 4.79 Å². The number of carbonyl (C=O) groups is 1. The van der Waals surface area contributed by atoms with E-state index >= 15 is 0 Å². The van der Waals surface area contributed by atoms with Crippen molar-refractivity contribution in [3.8, 4) is 0 Å². The molecule has 1 unspecified atom stereocenters. The van der Waals surface area contributed by atoms with E-state index < -0.39 is 0 Å². The zero-order chi connectivity index (χ0) is 14.7. The van der Waals surface area contributed by atoms with Gasteiger partial charge in [0, 0.05) is 5.54 Å².